The molecule has 1 amide bonds. The first kappa shape index (κ1) is 23.1. The normalized spacial score (nSPS) is 12.4. The number of aromatic nitrogens is 2. The minimum atomic E-state index is -4.53. The van der Waals surface area contributed by atoms with Gasteiger partial charge in [-0.1, -0.05) is 18.2 Å². The number of aliphatic hydroxyl groups is 1. The second kappa shape index (κ2) is 9.31. The Hall–Kier alpha value is -3.53. The zero-order valence-electron chi connectivity index (χ0n) is 16.9. The van der Waals surface area contributed by atoms with Crippen molar-refractivity contribution in [2.75, 3.05) is 6.54 Å². The number of amides is 1. The zero-order chi connectivity index (χ0) is 23.5. The van der Waals surface area contributed by atoms with Gasteiger partial charge in [0, 0.05) is 12.1 Å². The van der Waals surface area contributed by atoms with Gasteiger partial charge in [-0.3, -0.25) is 9.59 Å². The van der Waals surface area contributed by atoms with Gasteiger partial charge in [-0.05, 0) is 49.7 Å². The van der Waals surface area contributed by atoms with Crippen LogP contribution in [0.2, 0.25) is 0 Å². The average Bonchev–Trinajstić information content (AvgIpc) is 2.73. The summed E-state index contributed by atoms with van der Waals surface area (Å²) < 4.78 is 53.2. The standard InChI is InChI=1S/C22H19F4N3O3/c1-13(30)9-10-27-20(31)18-12-19(14-5-7-15(8-6-14)22(24,25)26)28-29(21(18)32)17-4-2-3-16(23)11-17/h2-8,11-13,30H,9-10H2,1H3,(H,27,31). The number of nitrogens with zero attached hydrogens (tertiary/aromatic N) is 2. The van der Waals surface area contributed by atoms with Gasteiger partial charge < -0.3 is 10.4 Å². The van der Waals surface area contributed by atoms with Crippen molar-refractivity contribution in [3.05, 3.63) is 81.9 Å². The average molecular weight is 449 g/mol. The third-order valence-electron chi connectivity index (χ3n) is 4.56. The fourth-order valence-corrected chi connectivity index (χ4v) is 2.90. The highest BCUT2D eigenvalue weighted by Gasteiger charge is 2.30. The van der Waals surface area contributed by atoms with Crippen molar-refractivity contribution in [3.63, 3.8) is 0 Å². The molecule has 10 heteroatoms. The van der Waals surface area contributed by atoms with Gasteiger partial charge in [-0.2, -0.15) is 23.0 Å². The first-order valence-corrected chi connectivity index (χ1v) is 9.60. The van der Waals surface area contributed by atoms with Crippen molar-refractivity contribution in [1.29, 1.82) is 0 Å². The van der Waals surface area contributed by atoms with Crippen molar-refractivity contribution in [3.8, 4) is 16.9 Å². The van der Waals surface area contributed by atoms with E-state index in [1.54, 1.807) is 0 Å². The van der Waals surface area contributed by atoms with Crippen LogP contribution in [0.5, 0.6) is 0 Å². The lowest BCUT2D eigenvalue weighted by molar-refractivity contribution is -0.137. The third kappa shape index (κ3) is 5.38. The molecule has 2 aromatic carbocycles. The molecule has 3 rings (SSSR count). The van der Waals surface area contributed by atoms with E-state index in [-0.39, 0.29) is 35.5 Å². The molecular formula is C22H19F4N3O3. The fourth-order valence-electron chi connectivity index (χ4n) is 2.90. The molecule has 0 aliphatic heterocycles. The van der Waals surface area contributed by atoms with Crippen LogP contribution in [-0.2, 0) is 6.18 Å². The number of carbonyl (C=O) groups is 1. The van der Waals surface area contributed by atoms with E-state index in [1.807, 2.05) is 0 Å². The number of alkyl halides is 3. The summed E-state index contributed by atoms with van der Waals surface area (Å²) in [5, 5.41) is 16.0. The Labute approximate surface area is 180 Å². The van der Waals surface area contributed by atoms with E-state index in [1.165, 1.54) is 37.3 Å². The van der Waals surface area contributed by atoms with E-state index in [0.717, 1.165) is 28.9 Å². The Balaban J connectivity index is 2.10. The number of hydrogen-bond donors (Lipinski definition) is 2. The Kier molecular flexibility index (Phi) is 6.73. The summed E-state index contributed by atoms with van der Waals surface area (Å²) in [4.78, 5) is 25.5. The van der Waals surface area contributed by atoms with Gasteiger partial charge in [-0.15, -0.1) is 0 Å². The highest BCUT2D eigenvalue weighted by Crippen LogP contribution is 2.30. The molecular weight excluding hydrogens is 430 g/mol. The summed E-state index contributed by atoms with van der Waals surface area (Å²) in [5.41, 5.74) is -1.72. The highest BCUT2D eigenvalue weighted by molar-refractivity contribution is 5.94. The SMILES string of the molecule is CC(O)CCNC(=O)c1cc(-c2ccc(C(F)(F)F)cc2)nn(-c2cccc(F)c2)c1=O. The molecule has 1 atom stereocenters. The van der Waals surface area contributed by atoms with Crippen molar-refractivity contribution in [2.45, 2.75) is 25.6 Å². The van der Waals surface area contributed by atoms with Crippen molar-refractivity contribution in [1.82, 2.24) is 15.1 Å². The predicted molar refractivity (Wildman–Crippen MR) is 109 cm³/mol. The van der Waals surface area contributed by atoms with Crippen LogP contribution >= 0.6 is 0 Å². The predicted octanol–water partition coefficient (Wildman–Crippen LogP) is 3.56. The Morgan fingerprint density at radius 1 is 1.16 bits per heavy atom. The maximum absolute atomic E-state index is 13.7. The van der Waals surface area contributed by atoms with Crippen LogP contribution in [0.15, 0.2) is 59.4 Å². The van der Waals surface area contributed by atoms with E-state index in [0.29, 0.717) is 0 Å². The lowest BCUT2D eigenvalue weighted by atomic mass is 10.1. The molecule has 0 aliphatic carbocycles. The highest BCUT2D eigenvalue weighted by atomic mass is 19.4. The number of hydrogen-bond acceptors (Lipinski definition) is 4. The molecule has 1 heterocycles. The summed E-state index contributed by atoms with van der Waals surface area (Å²) in [7, 11) is 0. The molecule has 32 heavy (non-hydrogen) atoms. The number of halogens is 4. The van der Waals surface area contributed by atoms with Crippen LogP contribution in [0.4, 0.5) is 17.6 Å². The quantitative estimate of drug-likeness (QED) is 0.564. The Bertz CT molecular complexity index is 1170. The van der Waals surface area contributed by atoms with Gasteiger partial charge in [-0.25, -0.2) is 4.39 Å². The van der Waals surface area contributed by atoms with Crippen molar-refractivity contribution >= 4 is 5.91 Å². The summed E-state index contributed by atoms with van der Waals surface area (Å²) in [5.74, 6) is -1.39. The second-order valence-corrected chi connectivity index (χ2v) is 7.11. The van der Waals surface area contributed by atoms with E-state index in [4.69, 9.17) is 0 Å². The number of aliphatic hydroxyl groups excluding tert-OH is 1. The third-order valence-corrected chi connectivity index (χ3v) is 4.56. The molecule has 3 aromatic rings. The van der Waals surface area contributed by atoms with Crippen LogP contribution in [0.1, 0.15) is 29.3 Å². The van der Waals surface area contributed by atoms with Crippen LogP contribution in [0, 0.1) is 5.82 Å². The molecule has 0 fully saturated rings. The van der Waals surface area contributed by atoms with Gasteiger partial charge >= 0.3 is 6.18 Å². The molecule has 1 unspecified atom stereocenters. The molecule has 0 saturated carbocycles. The van der Waals surface area contributed by atoms with Crippen LogP contribution in [-0.4, -0.2) is 33.4 Å². The first-order valence-electron chi connectivity index (χ1n) is 9.60. The molecule has 6 nitrogen and oxygen atoms in total. The minimum Gasteiger partial charge on any atom is -0.393 e. The van der Waals surface area contributed by atoms with Crippen molar-refractivity contribution in [2.24, 2.45) is 0 Å². The number of rotatable bonds is 6. The molecule has 0 radical (unpaired) electrons. The second-order valence-electron chi connectivity index (χ2n) is 7.11. The maximum atomic E-state index is 13.7. The summed E-state index contributed by atoms with van der Waals surface area (Å²) in [6.07, 6.45) is -4.94. The topological polar surface area (TPSA) is 84.2 Å². The first-order chi connectivity index (χ1) is 15.1. The molecule has 0 saturated heterocycles. The minimum absolute atomic E-state index is 0.0433. The molecule has 1 aromatic heterocycles. The van der Waals surface area contributed by atoms with E-state index in [2.05, 4.69) is 10.4 Å². The smallest absolute Gasteiger partial charge is 0.393 e. The summed E-state index contributed by atoms with van der Waals surface area (Å²) in [6.45, 7) is 1.63. The van der Waals surface area contributed by atoms with Gasteiger partial charge in [0.15, 0.2) is 0 Å². The Morgan fingerprint density at radius 2 is 1.84 bits per heavy atom. The van der Waals surface area contributed by atoms with Gasteiger partial charge in [0.2, 0.25) is 0 Å². The van der Waals surface area contributed by atoms with Crippen LogP contribution in [0.25, 0.3) is 16.9 Å². The Morgan fingerprint density at radius 3 is 2.44 bits per heavy atom. The van der Waals surface area contributed by atoms with E-state index >= 15 is 0 Å². The summed E-state index contributed by atoms with van der Waals surface area (Å²) >= 11 is 0. The van der Waals surface area contributed by atoms with E-state index in [9.17, 15) is 32.3 Å². The molecule has 0 spiro atoms. The fraction of sp³-hybridized carbons (Fsp3) is 0.227. The maximum Gasteiger partial charge on any atom is 0.416 e. The van der Waals surface area contributed by atoms with E-state index < -0.39 is 35.1 Å². The monoisotopic (exact) mass is 449 g/mol. The van der Waals surface area contributed by atoms with Crippen LogP contribution in [0.3, 0.4) is 0 Å². The number of carbonyl (C=O) groups excluding carboxylic acids is 1. The van der Waals surface area contributed by atoms with Gasteiger partial charge in [0.05, 0.1) is 23.0 Å². The van der Waals surface area contributed by atoms with Crippen molar-refractivity contribution < 1.29 is 27.5 Å². The largest absolute Gasteiger partial charge is 0.416 e. The van der Waals surface area contributed by atoms with Crippen LogP contribution < -0.4 is 10.9 Å². The molecule has 2 N–H and O–H groups in total. The van der Waals surface area contributed by atoms with Gasteiger partial charge in [0.25, 0.3) is 11.5 Å². The lowest BCUT2D eigenvalue weighted by Gasteiger charge is -2.12. The summed E-state index contributed by atoms with van der Waals surface area (Å²) in [6, 6.07) is 10.2. The number of nitrogens with one attached hydrogen (secondary N) is 1. The zero-order valence-corrected chi connectivity index (χ0v) is 16.9. The molecule has 168 valence electrons. The number of benzene rings is 2. The molecule has 0 aliphatic rings. The lowest BCUT2D eigenvalue weighted by Crippen LogP contribution is -2.35. The molecule has 0 bridgehead atoms. The van der Waals surface area contributed by atoms with Gasteiger partial charge in [0.1, 0.15) is 11.4 Å².